The molecular formula is C17H20N2O6S. The molecule has 0 aliphatic rings. The first-order chi connectivity index (χ1) is 12.4. The summed E-state index contributed by atoms with van der Waals surface area (Å²) in [4.78, 5) is 28.7. The third-order valence-corrected chi connectivity index (χ3v) is 4.42. The molecular weight excluding hydrogens is 360 g/mol. The second kappa shape index (κ2) is 8.52. The molecule has 0 aliphatic heterocycles. The van der Waals surface area contributed by atoms with Crippen LogP contribution < -0.4 is 19.5 Å². The molecule has 0 aliphatic carbocycles. The van der Waals surface area contributed by atoms with Crippen LogP contribution in [-0.2, 0) is 9.53 Å². The molecule has 0 saturated heterocycles. The molecule has 0 fully saturated rings. The molecule has 0 bridgehead atoms. The van der Waals surface area contributed by atoms with E-state index in [-0.39, 0.29) is 0 Å². The molecule has 0 saturated carbocycles. The number of hydrogen-bond acceptors (Lipinski definition) is 8. The highest BCUT2D eigenvalue weighted by Crippen LogP contribution is 2.39. The van der Waals surface area contributed by atoms with Gasteiger partial charge in [0, 0.05) is 17.8 Å². The molecule has 1 amide bonds. The van der Waals surface area contributed by atoms with Gasteiger partial charge in [-0.25, -0.2) is 9.78 Å². The molecule has 2 aromatic rings. The van der Waals surface area contributed by atoms with Crippen molar-refractivity contribution in [1.29, 1.82) is 0 Å². The number of aromatic nitrogens is 1. The number of esters is 1. The van der Waals surface area contributed by atoms with Crippen LogP contribution in [0.3, 0.4) is 0 Å². The van der Waals surface area contributed by atoms with Gasteiger partial charge < -0.3 is 24.3 Å². The van der Waals surface area contributed by atoms with Gasteiger partial charge >= 0.3 is 5.97 Å². The number of ether oxygens (including phenoxy) is 4. The smallest absolute Gasteiger partial charge is 0.350 e. The minimum atomic E-state index is -0.576. The fourth-order valence-corrected chi connectivity index (χ4v) is 3.08. The van der Waals surface area contributed by atoms with Crippen molar-refractivity contribution in [2.75, 3.05) is 33.3 Å². The summed E-state index contributed by atoms with van der Waals surface area (Å²) in [5.74, 6) is 0.139. The van der Waals surface area contributed by atoms with Gasteiger partial charge in [-0.15, -0.1) is 11.3 Å². The topological polar surface area (TPSA) is 96.0 Å². The average molecular weight is 380 g/mol. The van der Waals surface area contributed by atoms with E-state index in [1.807, 2.05) is 0 Å². The number of benzene rings is 1. The number of aryl methyl sites for hydroxylation is 2. The van der Waals surface area contributed by atoms with Gasteiger partial charge in [-0.3, -0.25) is 4.79 Å². The summed E-state index contributed by atoms with van der Waals surface area (Å²) in [5.41, 5.74) is 1.01. The molecule has 26 heavy (non-hydrogen) atoms. The first-order valence-electron chi connectivity index (χ1n) is 7.60. The minimum Gasteiger partial charge on any atom is -0.493 e. The van der Waals surface area contributed by atoms with Crippen LogP contribution >= 0.6 is 11.3 Å². The summed E-state index contributed by atoms with van der Waals surface area (Å²) >= 11 is 1.23. The predicted octanol–water partition coefficient (Wildman–Crippen LogP) is 2.58. The molecule has 0 atom stereocenters. The molecule has 0 unspecified atom stereocenters. The molecule has 9 heteroatoms. The zero-order valence-corrected chi connectivity index (χ0v) is 16.0. The Bertz CT molecular complexity index is 793. The number of amides is 1. The monoisotopic (exact) mass is 380 g/mol. The van der Waals surface area contributed by atoms with Gasteiger partial charge in [-0.05, 0) is 13.8 Å². The summed E-state index contributed by atoms with van der Waals surface area (Å²) < 4.78 is 20.7. The van der Waals surface area contributed by atoms with Crippen LogP contribution in [0.15, 0.2) is 12.1 Å². The fourth-order valence-electron chi connectivity index (χ4n) is 2.27. The summed E-state index contributed by atoms with van der Waals surface area (Å²) in [6, 6.07) is 3.16. The first kappa shape index (κ1) is 19.5. The summed E-state index contributed by atoms with van der Waals surface area (Å²) in [6.07, 6.45) is 0. The number of nitrogens with zero attached hydrogens (tertiary/aromatic N) is 1. The molecule has 8 nitrogen and oxygen atoms in total. The second-order valence-corrected chi connectivity index (χ2v) is 6.39. The van der Waals surface area contributed by atoms with Gasteiger partial charge in [0.2, 0.25) is 5.75 Å². The van der Waals surface area contributed by atoms with Gasteiger partial charge in [-0.2, -0.15) is 0 Å². The van der Waals surface area contributed by atoms with E-state index in [0.717, 1.165) is 5.01 Å². The maximum atomic E-state index is 12.1. The molecule has 140 valence electrons. The van der Waals surface area contributed by atoms with E-state index in [0.29, 0.717) is 33.5 Å². The van der Waals surface area contributed by atoms with Crippen molar-refractivity contribution in [3.63, 3.8) is 0 Å². The van der Waals surface area contributed by atoms with E-state index >= 15 is 0 Å². The Morgan fingerprint density at radius 2 is 1.69 bits per heavy atom. The van der Waals surface area contributed by atoms with E-state index in [2.05, 4.69) is 10.3 Å². The van der Waals surface area contributed by atoms with Crippen LogP contribution in [0, 0.1) is 13.8 Å². The Labute approximate surface area is 155 Å². The molecule has 0 spiro atoms. The zero-order valence-electron chi connectivity index (χ0n) is 15.2. The zero-order chi connectivity index (χ0) is 19.3. The molecule has 1 N–H and O–H groups in total. The molecule has 1 heterocycles. The minimum absolute atomic E-state index is 0.392. The number of carbonyl (C=O) groups is 2. The van der Waals surface area contributed by atoms with Gasteiger partial charge in [0.15, 0.2) is 18.1 Å². The average Bonchev–Trinajstić information content (AvgIpc) is 2.96. The van der Waals surface area contributed by atoms with Crippen LogP contribution in [0.1, 0.15) is 20.4 Å². The van der Waals surface area contributed by atoms with E-state index in [4.69, 9.17) is 18.9 Å². The summed E-state index contributed by atoms with van der Waals surface area (Å²) in [7, 11) is 4.44. The SMILES string of the molecule is COc1cc(NC(=O)COC(=O)c2sc(C)nc2C)cc(OC)c1OC. The third kappa shape index (κ3) is 4.42. The summed E-state index contributed by atoms with van der Waals surface area (Å²) in [6.45, 7) is 3.09. The Morgan fingerprint density at radius 1 is 1.08 bits per heavy atom. The van der Waals surface area contributed by atoms with Crippen LogP contribution in [0.4, 0.5) is 5.69 Å². The number of nitrogens with one attached hydrogen (secondary N) is 1. The Morgan fingerprint density at radius 3 is 2.15 bits per heavy atom. The van der Waals surface area contributed by atoms with Gasteiger partial charge in [0.05, 0.1) is 32.0 Å². The Balaban J connectivity index is 2.03. The van der Waals surface area contributed by atoms with Crippen molar-refractivity contribution in [1.82, 2.24) is 4.98 Å². The van der Waals surface area contributed by atoms with Crippen LogP contribution in [0.5, 0.6) is 17.2 Å². The highest BCUT2D eigenvalue weighted by Gasteiger charge is 2.18. The second-order valence-electron chi connectivity index (χ2n) is 5.19. The number of anilines is 1. The normalized spacial score (nSPS) is 10.2. The maximum Gasteiger partial charge on any atom is 0.350 e. The molecule has 1 aromatic heterocycles. The number of carbonyl (C=O) groups excluding carboxylic acids is 2. The lowest BCUT2D eigenvalue weighted by Crippen LogP contribution is -2.21. The number of methoxy groups -OCH3 is 3. The van der Waals surface area contributed by atoms with Gasteiger partial charge in [0.1, 0.15) is 4.88 Å². The predicted molar refractivity (Wildman–Crippen MR) is 96.6 cm³/mol. The Kier molecular flexibility index (Phi) is 6.40. The van der Waals surface area contributed by atoms with Crippen molar-refractivity contribution >= 4 is 28.9 Å². The van der Waals surface area contributed by atoms with Crippen molar-refractivity contribution in [3.05, 3.63) is 27.7 Å². The standard InChI is InChI=1S/C17H20N2O6S/c1-9-16(26-10(2)18-9)17(21)25-8-14(20)19-11-6-12(22-3)15(24-5)13(7-11)23-4/h6-7H,8H2,1-5H3,(H,19,20). The lowest BCUT2D eigenvalue weighted by atomic mass is 10.2. The fraction of sp³-hybridized carbons (Fsp3) is 0.353. The highest BCUT2D eigenvalue weighted by atomic mass is 32.1. The van der Waals surface area contributed by atoms with Gasteiger partial charge in [0.25, 0.3) is 5.91 Å². The third-order valence-electron chi connectivity index (χ3n) is 3.37. The van der Waals surface area contributed by atoms with Gasteiger partial charge in [-0.1, -0.05) is 0 Å². The van der Waals surface area contributed by atoms with E-state index in [9.17, 15) is 9.59 Å². The lowest BCUT2D eigenvalue weighted by Gasteiger charge is -2.14. The molecule has 0 radical (unpaired) electrons. The van der Waals surface area contributed by atoms with E-state index < -0.39 is 18.5 Å². The first-order valence-corrected chi connectivity index (χ1v) is 8.42. The quantitative estimate of drug-likeness (QED) is 0.738. The highest BCUT2D eigenvalue weighted by molar-refractivity contribution is 7.13. The molecule has 2 rings (SSSR count). The molecule has 1 aromatic carbocycles. The van der Waals surface area contributed by atoms with Crippen molar-refractivity contribution in [2.24, 2.45) is 0 Å². The number of hydrogen-bond donors (Lipinski definition) is 1. The van der Waals surface area contributed by atoms with Crippen molar-refractivity contribution in [2.45, 2.75) is 13.8 Å². The lowest BCUT2D eigenvalue weighted by molar-refractivity contribution is -0.119. The number of thiazole rings is 1. The Hall–Kier alpha value is -2.81. The van der Waals surface area contributed by atoms with Crippen molar-refractivity contribution in [3.8, 4) is 17.2 Å². The van der Waals surface area contributed by atoms with Crippen LogP contribution in [0.25, 0.3) is 0 Å². The van der Waals surface area contributed by atoms with Crippen LogP contribution in [0.2, 0.25) is 0 Å². The largest absolute Gasteiger partial charge is 0.493 e. The van der Waals surface area contributed by atoms with Crippen LogP contribution in [-0.4, -0.2) is 44.8 Å². The summed E-state index contributed by atoms with van der Waals surface area (Å²) in [5, 5.41) is 3.39. The number of rotatable bonds is 7. The maximum absolute atomic E-state index is 12.1. The van der Waals surface area contributed by atoms with Crippen molar-refractivity contribution < 1.29 is 28.5 Å². The van der Waals surface area contributed by atoms with E-state index in [1.165, 1.54) is 32.7 Å². The van der Waals surface area contributed by atoms with E-state index in [1.54, 1.807) is 26.0 Å².